The Hall–Kier alpha value is -4.28. The van der Waals surface area contributed by atoms with Crippen molar-refractivity contribution in [2.75, 3.05) is 6.54 Å². The van der Waals surface area contributed by atoms with Crippen LogP contribution in [0.1, 0.15) is 46.0 Å². The van der Waals surface area contributed by atoms with E-state index < -0.39 is 52.0 Å². The lowest BCUT2D eigenvalue weighted by molar-refractivity contribution is -0.154. The number of halogens is 1. The largest absolute Gasteiger partial charge is 0.379 e. The number of ketones is 1. The molecule has 0 aromatic heterocycles. The van der Waals surface area contributed by atoms with E-state index in [1.807, 2.05) is 19.9 Å². The van der Waals surface area contributed by atoms with Crippen LogP contribution in [0.25, 0.3) is 0 Å². The van der Waals surface area contributed by atoms with Crippen LogP contribution < -0.4 is 4.18 Å². The fourth-order valence-corrected chi connectivity index (χ4v) is 6.22. The van der Waals surface area contributed by atoms with Crippen LogP contribution in [0, 0.1) is 18.8 Å². The molecule has 0 bridgehead atoms. The first kappa shape index (κ1) is 29.2. The molecule has 2 atom stereocenters. The second-order valence-electron chi connectivity index (χ2n) is 10.3. The molecule has 0 N–H and O–H groups in total. The lowest BCUT2D eigenvalue weighted by Gasteiger charge is -2.30. The van der Waals surface area contributed by atoms with Crippen molar-refractivity contribution in [3.63, 3.8) is 0 Å². The van der Waals surface area contributed by atoms with Gasteiger partial charge in [-0.3, -0.25) is 19.2 Å². The highest BCUT2D eigenvalue weighted by Crippen LogP contribution is 2.39. The molecule has 3 amide bonds. The summed E-state index contributed by atoms with van der Waals surface area (Å²) < 4.78 is 30.5. The maximum atomic E-state index is 13.7. The van der Waals surface area contributed by atoms with Crippen molar-refractivity contribution in [3.8, 4) is 5.75 Å². The zero-order valence-corrected chi connectivity index (χ0v) is 24.4. The number of carbonyl (C=O) groups is 4. The summed E-state index contributed by atoms with van der Waals surface area (Å²) in [5.41, 5.74) is 2.01. The number of hydrogen-bond acceptors (Lipinski definition) is 7. The van der Waals surface area contributed by atoms with Crippen molar-refractivity contribution in [1.82, 2.24) is 10.0 Å². The van der Waals surface area contributed by atoms with Crippen LogP contribution in [0.3, 0.4) is 0 Å². The molecule has 216 valence electrons. The van der Waals surface area contributed by atoms with E-state index in [9.17, 15) is 27.6 Å². The molecule has 11 heteroatoms. The fourth-order valence-electron chi connectivity index (χ4n) is 5.07. The molecule has 42 heavy (non-hydrogen) atoms. The second-order valence-corrected chi connectivity index (χ2v) is 12.3. The summed E-state index contributed by atoms with van der Waals surface area (Å²) in [6.07, 6.45) is 2.66. The van der Waals surface area contributed by atoms with Crippen molar-refractivity contribution in [2.45, 2.75) is 31.6 Å². The highest BCUT2D eigenvalue weighted by molar-refractivity contribution is 7.87. The minimum atomic E-state index is -4.10. The zero-order valence-electron chi connectivity index (χ0n) is 22.8. The number of fused-ring (bicyclic) bond motifs is 1. The molecule has 1 aliphatic carbocycles. The van der Waals surface area contributed by atoms with Gasteiger partial charge in [0.05, 0.1) is 22.4 Å². The van der Waals surface area contributed by atoms with Crippen molar-refractivity contribution < 1.29 is 31.8 Å². The number of Topliss-reactive ketones (excluding diaryl/α,β-unsaturated/α-hetero) is 1. The molecule has 0 spiro atoms. The summed E-state index contributed by atoms with van der Waals surface area (Å²) in [6.45, 7) is 3.08. The van der Waals surface area contributed by atoms with Crippen LogP contribution >= 0.6 is 11.6 Å². The molecule has 1 fully saturated rings. The van der Waals surface area contributed by atoms with E-state index in [2.05, 4.69) is 0 Å². The first-order chi connectivity index (χ1) is 20.0. The van der Waals surface area contributed by atoms with Gasteiger partial charge in [0.2, 0.25) is 0 Å². The topological polar surface area (TPSA) is 118 Å². The molecule has 0 radical (unpaired) electrons. The number of allylic oxidation sites excluding steroid dienone is 2. The third kappa shape index (κ3) is 5.73. The number of hydrazine groups is 1. The van der Waals surface area contributed by atoms with Crippen molar-refractivity contribution in [3.05, 3.63) is 106 Å². The van der Waals surface area contributed by atoms with Gasteiger partial charge in [-0.25, -0.2) is 5.01 Å². The van der Waals surface area contributed by atoms with E-state index in [4.69, 9.17) is 15.8 Å². The monoisotopic (exact) mass is 606 g/mol. The summed E-state index contributed by atoms with van der Waals surface area (Å²) in [7, 11) is -4.10. The molecule has 9 nitrogen and oxygen atoms in total. The smallest absolute Gasteiger partial charge is 0.339 e. The van der Waals surface area contributed by atoms with Gasteiger partial charge in [-0.15, -0.1) is 0 Å². The molecule has 0 saturated carbocycles. The summed E-state index contributed by atoms with van der Waals surface area (Å²) in [4.78, 5) is 54.0. The van der Waals surface area contributed by atoms with Crippen LogP contribution in [0.15, 0.2) is 89.3 Å². The molecule has 0 unspecified atom stereocenters. The van der Waals surface area contributed by atoms with Gasteiger partial charge in [0.25, 0.3) is 17.7 Å². The van der Waals surface area contributed by atoms with Gasteiger partial charge in [-0.1, -0.05) is 53.1 Å². The number of aryl methyl sites for hydroxylation is 1. The van der Waals surface area contributed by atoms with Gasteiger partial charge in [0, 0.05) is 5.56 Å². The van der Waals surface area contributed by atoms with Gasteiger partial charge < -0.3 is 4.18 Å². The summed E-state index contributed by atoms with van der Waals surface area (Å²) in [6, 6.07) is 17.7. The summed E-state index contributed by atoms with van der Waals surface area (Å²) in [5, 5.41) is 1.75. The Morgan fingerprint density at radius 1 is 0.929 bits per heavy atom. The normalized spacial score (nSPS) is 18.4. The maximum Gasteiger partial charge on any atom is 0.339 e. The number of amides is 3. The number of benzene rings is 3. The minimum absolute atomic E-state index is 0.0204. The zero-order chi connectivity index (χ0) is 30.2. The maximum absolute atomic E-state index is 13.7. The first-order valence-corrected chi connectivity index (χ1v) is 15.0. The molecule has 2 aliphatic rings. The van der Waals surface area contributed by atoms with Crippen molar-refractivity contribution in [2.24, 2.45) is 11.8 Å². The van der Waals surface area contributed by atoms with Gasteiger partial charge in [-0.2, -0.15) is 13.4 Å². The van der Waals surface area contributed by atoms with E-state index in [0.717, 1.165) is 21.2 Å². The second kappa shape index (κ2) is 11.5. The van der Waals surface area contributed by atoms with Crippen molar-refractivity contribution in [1.29, 1.82) is 0 Å². The van der Waals surface area contributed by atoms with E-state index in [1.165, 1.54) is 48.5 Å². The van der Waals surface area contributed by atoms with Gasteiger partial charge in [-0.05, 0) is 75.2 Å². The molecule has 1 aliphatic heterocycles. The number of rotatable bonds is 8. The fraction of sp³-hybridized carbons (Fsp3) is 0.226. The van der Waals surface area contributed by atoms with Gasteiger partial charge in [0.1, 0.15) is 17.2 Å². The average Bonchev–Trinajstić information content (AvgIpc) is 3.20. The van der Waals surface area contributed by atoms with Gasteiger partial charge in [0.15, 0.2) is 5.78 Å². The Balaban J connectivity index is 1.40. The third-order valence-corrected chi connectivity index (χ3v) is 8.96. The highest BCUT2D eigenvalue weighted by atomic mass is 35.5. The third-order valence-electron chi connectivity index (χ3n) is 7.37. The van der Waals surface area contributed by atoms with Crippen molar-refractivity contribution >= 4 is 45.2 Å². The van der Waals surface area contributed by atoms with Crippen LogP contribution in [0.5, 0.6) is 5.75 Å². The lowest BCUT2D eigenvalue weighted by Crippen LogP contribution is -2.52. The molecular formula is C31H27ClN2O7S. The first-order valence-electron chi connectivity index (χ1n) is 13.2. The predicted molar refractivity (Wildman–Crippen MR) is 154 cm³/mol. The molecule has 5 rings (SSSR count). The number of nitrogens with zero attached hydrogens (tertiary/aromatic N) is 2. The number of hydrogen-bond donors (Lipinski definition) is 0. The predicted octanol–water partition coefficient (Wildman–Crippen LogP) is 5.00. The Labute approximate surface area is 248 Å². The van der Waals surface area contributed by atoms with Crippen LogP contribution in [-0.4, -0.2) is 48.5 Å². The Morgan fingerprint density at radius 2 is 1.57 bits per heavy atom. The standard InChI is InChI=1S/C31H27ClN2O7S/c1-19-7-14-23(15-8-19)42(39,40)41-22-12-10-21(11-13-22)28(35)18-33(29(36)25-5-3-4-6-27(25)32)34-30(37)24-16-9-20(2)17-26(24)31(34)38/h3-15,24,26H,16-18H2,1-2H3/t24-,26-/m1/s1. The highest BCUT2D eigenvalue weighted by Gasteiger charge is 2.51. The molecule has 1 heterocycles. The number of imide groups is 1. The quantitative estimate of drug-likeness (QED) is 0.153. The van der Waals surface area contributed by atoms with E-state index in [1.54, 1.807) is 24.3 Å². The molecular weight excluding hydrogens is 580 g/mol. The van der Waals surface area contributed by atoms with Crippen LogP contribution in [0.2, 0.25) is 5.02 Å². The van der Waals surface area contributed by atoms with Crippen LogP contribution in [0.4, 0.5) is 0 Å². The molecule has 1 saturated heterocycles. The Morgan fingerprint density at radius 3 is 2.24 bits per heavy atom. The Kier molecular flexibility index (Phi) is 8.03. The van der Waals surface area contributed by atoms with E-state index in [-0.39, 0.29) is 26.8 Å². The Bertz CT molecular complexity index is 1720. The SMILES string of the molecule is CC1=CC[C@H]2C(=O)N(N(CC(=O)c3ccc(OS(=O)(=O)c4ccc(C)cc4)cc3)C(=O)c3ccccc3Cl)C(=O)[C@@H]2C1. The number of carbonyl (C=O) groups excluding carboxylic acids is 4. The molecule has 3 aromatic carbocycles. The lowest BCUT2D eigenvalue weighted by atomic mass is 9.82. The average molecular weight is 607 g/mol. The van der Waals surface area contributed by atoms with Gasteiger partial charge >= 0.3 is 10.1 Å². The molecule has 3 aromatic rings. The summed E-state index contributed by atoms with van der Waals surface area (Å²) >= 11 is 6.27. The summed E-state index contributed by atoms with van der Waals surface area (Å²) in [5.74, 6) is -3.72. The minimum Gasteiger partial charge on any atom is -0.379 e. The van der Waals surface area contributed by atoms with E-state index >= 15 is 0 Å². The van der Waals surface area contributed by atoms with Crippen LogP contribution in [-0.2, 0) is 19.7 Å². The van der Waals surface area contributed by atoms with E-state index in [0.29, 0.717) is 12.8 Å².